The molecule has 53 heavy (non-hydrogen) atoms. The molecular formula is C51H37NS. The number of anilines is 2. The summed E-state index contributed by atoms with van der Waals surface area (Å²) in [7, 11) is 0. The quantitative estimate of drug-likeness (QED) is 0.162. The summed E-state index contributed by atoms with van der Waals surface area (Å²) in [5, 5.41) is 5.13. The number of nitrogens with zero attached hydrogens (tertiary/aromatic N) is 1. The molecule has 0 saturated heterocycles. The molecule has 2 heteroatoms. The van der Waals surface area contributed by atoms with Crippen molar-refractivity contribution in [1.29, 1.82) is 0 Å². The van der Waals surface area contributed by atoms with Gasteiger partial charge in [0, 0.05) is 54.3 Å². The largest absolute Gasteiger partial charge is 0.310 e. The van der Waals surface area contributed by atoms with Crippen molar-refractivity contribution in [2.24, 2.45) is 0 Å². The Labute approximate surface area is 315 Å². The SMILES string of the molecule is CC1(C)c2ccc(N(C3=C/CC#CC(c4ccc(-c5ccccc5)cc4)/C=C\3)c3cccc4ccccc34)cc2-c2c1ccc1c2sc2ccccc21. The standard InChI is InChI=1S/C51H37NS/c1-51(2)45-31-29-40(33-44(45)49-46(51)32-30-43-42-20-10-11-22-48(42)53-50(43)49)52(47-21-12-17-38-16-7-9-19-41(38)47)39-18-8-6-15-35(27-28-39)37-25-23-36(24-26-37)34-13-4-3-5-14-34/h3-5,7,9-14,16-33,35H,8H2,1-2H3/b28-27-,39-18+. The zero-order valence-corrected chi connectivity index (χ0v) is 30.6. The van der Waals surface area contributed by atoms with Crippen molar-refractivity contribution < 1.29 is 0 Å². The molecule has 0 bridgehead atoms. The van der Waals surface area contributed by atoms with Crippen molar-refractivity contribution in [1.82, 2.24) is 0 Å². The number of allylic oxidation sites excluding steroid dienone is 3. The molecular weight excluding hydrogens is 659 g/mol. The molecule has 0 fully saturated rings. The van der Waals surface area contributed by atoms with Crippen LogP contribution in [-0.2, 0) is 5.41 Å². The topological polar surface area (TPSA) is 3.24 Å². The fraction of sp³-hybridized carbons (Fsp3) is 0.0980. The highest BCUT2D eigenvalue weighted by atomic mass is 32.1. The van der Waals surface area contributed by atoms with Crippen molar-refractivity contribution in [2.45, 2.75) is 31.6 Å². The van der Waals surface area contributed by atoms with Crippen LogP contribution < -0.4 is 4.90 Å². The molecule has 0 radical (unpaired) electrons. The van der Waals surface area contributed by atoms with Gasteiger partial charge < -0.3 is 4.90 Å². The normalized spacial score (nSPS) is 17.2. The van der Waals surface area contributed by atoms with Crippen LogP contribution >= 0.6 is 11.3 Å². The van der Waals surface area contributed by atoms with Crippen LogP contribution in [0.1, 0.15) is 42.9 Å². The molecule has 0 amide bonds. The summed E-state index contributed by atoms with van der Waals surface area (Å²) < 4.78 is 2.72. The lowest BCUT2D eigenvalue weighted by Crippen LogP contribution is -2.17. The molecule has 0 saturated carbocycles. The minimum absolute atomic E-state index is 0.00756. The summed E-state index contributed by atoms with van der Waals surface area (Å²) in [5.74, 6) is 7.04. The molecule has 1 nitrogen and oxygen atoms in total. The molecule has 0 N–H and O–H groups in total. The Balaban J connectivity index is 1.12. The van der Waals surface area contributed by atoms with E-state index in [-0.39, 0.29) is 11.3 Å². The maximum absolute atomic E-state index is 3.55. The molecule has 10 rings (SSSR count). The minimum atomic E-state index is -0.101. The van der Waals surface area contributed by atoms with Crippen LogP contribution in [0.3, 0.4) is 0 Å². The van der Waals surface area contributed by atoms with Crippen LogP contribution in [0.25, 0.3) is 53.2 Å². The van der Waals surface area contributed by atoms with Crippen LogP contribution in [0.2, 0.25) is 0 Å². The monoisotopic (exact) mass is 695 g/mol. The molecule has 1 unspecified atom stereocenters. The molecule has 252 valence electrons. The van der Waals surface area contributed by atoms with Crippen LogP contribution in [0.5, 0.6) is 0 Å². The van der Waals surface area contributed by atoms with Crippen LogP contribution in [0.15, 0.2) is 176 Å². The van der Waals surface area contributed by atoms with Crippen molar-refractivity contribution >= 4 is 53.7 Å². The number of benzene rings is 7. The average Bonchev–Trinajstić information content (AvgIpc) is 3.68. The second kappa shape index (κ2) is 12.5. The van der Waals surface area contributed by atoms with E-state index in [0.29, 0.717) is 6.42 Å². The summed E-state index contributed by atoms with van der Waals surface area (Å²) in [6.07, 6.45) is 7.53. The van der Waals surface area contributed by atoms with Gasteiger partial charge in [-0.1, -0.05) is 159 Å². The first kappa shape index (κ1) is 31.6. The van der Waals surface area contributed by atoms with E-state index in [2.05, 4.69) is 200 Å². The van der Waals surface area contributed by atoms with E-state index in [1.807, 2.05) is 11.3 Å². The van der Waals surface area contributed by atoms with Crippen LogP contribution in [-0.4, -0.2) is 0 Å². The minimum Gasteiger partial charge on any atom is -0.310 e. The Hall–Kier alpha value is -6.14. The van der Waals surface area contributed by atoms with Gasteiger partial charge in [0.15, 0.2) is 0 Å². The molecule has 0 aliphatic heterocycles. The van der Waals surface area contributed by atoms with E-state index in [4.69, 9.17) is 0 Å². The van der Waals surface area contributed by atoms with Gasteiger partial charge in [-0.25, -0.2) is 0 Å². The van der Waals surface area contributed by atoms with E-state index in [1.165, 1.54) is 69.9 Å². The molecule has 2 aliphatic rings. The second-order valence-electron chi connectivity index (χ2n) is 14.6. The highest BCUT2D eigenvalue weighted by Crippen LogP contribution is 2.55. The summed E-state index contributed by atoms with van der Waals surface area (Å²) in [6, 6.07) is 55.6. The summed E-state index contributed by atoms with van der Waals surface area (Å²) in [4.78, 5) is 2.46. The molecule has 0 spiro atoms. The molecule has 1 atom stereocenters. The molecule has 1 aromatic heterocycles. The average molecular weight is 696 g/mol. The second-order valence-corrected chi connectivity index (χ2v) is 15.7. The van der Waals surface area contributed by atoms with Crippen molar-refractivity contribution in [3.63, 3.8) is 0 Å². The van der Waals surface area contributed by atoms with Crippen molar-refractivity contribution in [2.75, 3.05) is 4.90 Å². The van der Waals surface area contributed by atoms with Gasteiger partial charge in [-0.2, -0.15) is 0 Å². The Kier molecular flexibility index (Phi) is 7.46. The lowest BCUT2D eigenvalue weighted by Gasteiger charge is -2.29. The van der Waals surface area contributed by atoms with Gasteiger partial charge in [0.1, 0.15) is 0 Å². The first-order valence-corrected chi connectivity index (χ1v) is 19.3. The predicted octanol–water partition coefficient (Wildman–Crippen LogP) is 14.0. The summed E-state index contributed by atoms with van der Waals surface area (Å²) in [5.41, 5.74) is 12.5. The summed E-state index contributed by atoms with van der Waals surface area (Å²) >= 11 is 1.92. The lowest BCUT2D eigenvalue weighted by atomic mass is 9.82. The zero-order valence-electron chi connectivity index (χ0n) is 29.8. The van der Waals surface area contributed by atoms with Crippen molar-refractivity contribution in [3.05, 3.63) is 192 Å². The Morgan fingerprint density at radius 1 is 0.660 bits per heavy atom. The van der Waals surface area contributed by atoms with E-state index in [9.17, 15) is 0 Å². The van der Waals surface area contributed by atoms with E-state index >= 15 is 0 Å². The van der Waals surface area contributed by atoms with Crippen LogP contribution in [0, 0.1) is 11.8 Å². The molecule has 7 aromatic carbocycles. The number of fused-ring (bicyclic) bond motifs is 8. The number of hydrogen-bond acceptors (Lipinski definition) is 2. The molecule has 8 aromatic rings. The van der Waals surface area contributed by atoms with Gasteiger partial charge in [-0.05, 0) is 75.2 Å². The van der Waals surface area contributed by atoms with Gasteiger partial charge in [0.05, 0.1) is 11.6 Å². The Morgan fingerprint density at radius 2 is 1.40 bits per heavy atom. The first-order valence-electron chi connectivity index (χ1n) is 18.4. The number of hydrogen-bond donors (Lipinski definition) is 0. The Bertz CT molecular complexity index is 2830. The number of thiophene rings is 1. The third kappa shape index (κ3) is 5.23. The highest BCUT2D eigenvalue weighted by Gasteiger charge is 2.37. The van der Waals surface area contributed by atoms with Gasteiger partial charge in [-0.3, -0.25) is 0 Å². The van der Waals surface area contributed by atoms with Crippen molar-refractivity contribution in [3.8, 4) is 34.1 Å². The van der Waals surface area contributed by atoms with Gasteiger partial charge in [0.2, 0.25) is 0 Å². The highest BCUT2D eigenvalue weighted by molar-refractivity contribution is 7.26. The fourth-order valence-electron chi connectivity index (χ4n) is 8.49. The smallest absolute Gasteiger partial charge is 0.0636 e. The summed E-state index contributed by atoms with van der Waals surface area (Å²) in [6.45, 7) is 4.76. The Morgan fingerprint density at radius 3 is 2.26 bits per heavy atom. The predicted molar refractivity (Wildman–Crippen MR) is 227 cm³/mol. The fourth-order valence-corrected chi connectivity index (χ4v) is 9.75. The lowest BCUT2D eigenvalue weighted by molar-refractivity contribution is 0.661. The maximum Gasteiger partial charge on any atom is 0.0636 e. The third-order valence-corrected chi connectivity index (χ3v) is 12.4. The van der Waals surface area contributed by atoms with E-state index < -0.39 is 0 Å². The van der Waals surface area contributed by atoms with Gasteiger partial charge in [0.25, 0.3) is 0 Å². The third-order valence-electron chi connectivity index (χ3n) is 11.2. The first-order chi connectivity index (χ1) is 26.0. The van der Waals surface area contributed by atoms with Gasteiger partial charge >= 0.3 is 0 Å². The molecule has 2 aliphatic carbocycles. The van der Waals surface area contributed by atoms with Crippen LogP contribution in [0.4, 0.5) is 11.4 Å². The zero-order chi connectivity index (χ0) is 35.5. The van der Waals surface area contributed by atoms with E-state index in [0.717, 1.165) is 17.1 Å². The molecule has 1 heterocycles. The van der Waals surface area contributed by atoms with Gasteiger partial charge in [-0.15, -0.1) is 11.3 Å². The van der Waals surface area contributed by atoms with E-state index in [1.54, 1.807) is 0 Å². The maximum atomic E-state index is 3.55. The number of rotatable bonds is 5.